The highest BCUT2D eigenvalue weighted by atomic mass is 32.1. The van der Waals surface area contributed by atoms with Crippen LogP contribution in [0.25, 0.3) is 0 Å². The van der Waals surface area contributed by atoms with Crippen LogP contribution in [0.1, 0.15) is 0 Å². The lowest BCUT2D eigenvalue weighted by molar-refractivity contribution is 0.295. The van der Waals surface area contributed by atoms with Crippen molar-refractivity contribution in [3.05, 3.63) is 45.6 Å². The van der Waals surface area contributed by atoms with Crippen molar-refractivity contribution in [3.63, 3.8) is 0 Å². The van der Waals surface area contributed by atoms with Crippen LogP contribution in [0.3, 0.4) is 0 Å². The van der Waals surface area contributed by atoms with E-state index in [1.165, 1.54) is 4.57 Å². The Morgan fingerprint density at radius 2 is 2.00 bits per heavy atom. The molecule has 0 spiro atoms. The maximum Gasteiger partial charge on any atom is 0.342 e. The summed E-state index contributed by atoms with van der Waals surface area (Å²) in [5.41, 5.74) is -0.248. The summed E-state index contributed by atoms with van der Waals surface area (Å²) >= 11 is 4.92. The Hall–Kier alpha value is -1.82. The largest absolute Gasteiger partial charge is 0.492 e. The highest BCUT2D eigenvalue weighted by Gasteiger charge is 1.99. The first-order valence-corrected chi connectivity index (χ1v) is 5.23. The molecule has 0 saturated carbocycles. The van der Waals surface area contributed by atoms with E-state index >= 15 is 0 Å². The number of ether oxygens (including phenoxy) is 1. The number of benzene rings is 1. The molecule has 0 unspecified atom stereocenters. The van der Waals surface area contributed by atoms with E-state index in [-0.39, 0.29) is 5.69 Å². The average Bonchev–Trinajstić information content (AvgIpc) is 2.62. The monoisotopic (exact) mass is 237 g/mol. The van der Waals surface area contributed by atoms with Gasteiger partial charge in [-0.3, -0.25) is 9.67 Å². The van der Waals surface area contributed by atoms with E-state index < -0.39 is 0 Å². The summed E-state index contributed by atoms with van der Waals surface area (Å²) in [5.74, 6) is 0.779. The van der Waals surface area contributed by atoms with E-state index in [0.29, 0.717) is 17.9 Å². The molecule has 0 fully saturated rings. The zero-order valence-corrected chi connectivity index (χ0v) is 9.29. The molecule has 1 aromatic carbocycles. The summed E-state index contributed by atoms with van der Waals surface area (Å²) in [6.07, 6.45) is 0. The van der Waals surface area contributed by atoms with Crippen molar-refractivity contribution in [2.45, 2.75) is 6.54 Å². The first-order chi connectivity index (χ1) is 7.77. The van der Waals surface area contributed by atoms with Gasteiger partial charge in [0.1, 0.15) is 12.4 Å². The van der Waals surface area contributed by atoms with Gasteiger partial charge in [-0.25, -0.2) is 9.89 Å². The maximum absolute atomic E-state index is 11.2. The molecule has 84 valence electrons. The second-order valence-corrected chi connectivity index (χ2v) is 3.56. The molecule has 6 heteroatoms. The molecule has 16 heavy (non-hydrogen) atoms. The molecule has 5 nitrogen and oxygen atoms in total. The quantitative estimate of drug-likeness (QED) is 0.788. The first-order valence-electron chi connectivity index (χ1n) is 4.83. The second-order valence-electron chi connectivity index (χ2n) is 3.17. The summed E-state index contributed by atoms with van der Waals surface area (Å²) in [5, 5.41) is 4.98. The molecular formula is C10H11N3O2S. The first kappa shape index (κ1) is 10.7. The zero-order chi connectivity index (χ0) is 11.4. The Balaban J connectivity index is 1.95. The Kier molecular flexibility index (Phi) is 3.21. The second kappa shape index (κ2) is 4.80. The van der Waals surface area contributed by atoms with Crippen molar-refractivity contribution in [1.29, 1.82) is 0 Å². The fourth-order valence-corrected chi connectivity index (χ4v) is 1.53. The minimum Gasteiger partial charge on any atom is -0.492 e. The summed E-state index contributed by atoms with van der Waals surface area (Å²) in [6.45, 7) is 0.825. The van der Waals surface area contributed by atoms with E-state index in [9.17, 15) is 4.79 Å². The predicted molar refractivity (Wildman–Crippen MR) is 62.2 cm³/mol. The summed E-state index contributed by atoms with van der Waals surface area (Å²) in [6, 6.07) is 9.43. The highest BCUT2D eigenvalue weighted by molar-refractivity contribution is 7.71. The lowest BCUT2D eigenvalue weighted by Gasteiger charge is -2.05. The van der Waals surface area contributed by atoms with Gasteiger partial charge in [0, 0.05) is 0 Å². The molecule has 0 saturated heterocycles. The minimum atomic E-state index is -0.248. The summed E-state index contributed by atoms with van der Waals surface area (Å²) in [7, 11) is 0. The minimum absolute atomic E-state index is 0.248. The molecule has 0 atom stereocenters. The topological polar surface area (TPSA) is 62.8 Å². The predicted octanol–water partition coefficient (Wildman–Crippen LogP) is 1.31. The normalized spacial score (nSPS) is 10.2. The van der Waals surface area contributed by atoms with Crippen LogP contribution in [0.2, 0.25) is 0 Å². The number of rotatable bonds is 4. The third kappa shape index (κ3) is 2.40. The van der Waals surface area contributed by atoms with Gasteiger partial charge in [0.15, 0.2) is 4.77 Å². The summed E-state index contributed by atoms with van der Waals surface area (Å²) < 4.78 is 7.25. The standard InChI is InChI=1S/C10H11N3O2S/c14-9-11-12-10(16)13(9)6-7-15-8-4-2-1-3-5-8/h1-5H,6-7H2,(H,11,14)(H,12,16). The fourth-order valence-electron chi connectivity index (χ4n) is 1.31. The fraction of sp³-hybridized carbons (Fsp3) is 0.200. The molecule has 2 N–H and O–H groups in total. The van der Waals surface area contributed by atoms with Gasteiger partial charge in [0.25, 0.3) is 0 Å². The number of H-pyrrole nitrogens is 2. The number of nitrogens with one attached hydrogen (secondary N) is 2. The average molecular weight is 237 g/mol. The number of nitrogens with zero attached hydrogens (tertiary/aromatic N) is 1. The van der Waals surface area contributed by atoms with Crippen molar-refractivity contribution in [1.82, 2.24) is 14.8 Å². The highest BCUT2D eigenvalue weighted by Crippen LogP contribution is 2.07. The van der Waals surface area contributed by atoms with Crippen LogP contribution in [0, 0.1) is 4.77 Å². The molecule has 2 rings (SSSR count). The number of hydrogen-bond acceptors (Lipinski definition) is 3. The maximum atomic E-state index is 11.2. The van der Waals surface area contributed by atoms with Crippen LogP contribution in [0.15, 0.2) is 35.1 Å². The van der Waals surface area contributed by atoms with Crippen LogP contribution in [-0.4, -0.2) is 21.4 Å². The van der Waals surface area contributed by atoms with E-state index in [1.54, 1.807) is 0 Å². The molecule has 0 aliphatic carbocycles. The Bertz CT molecular complexity index is 528. The SMILES string of the molecule is O=c1[nH][nH]c(=S)n1CCOc1ccccc1. The van der Waals surface area contributed by atoms with E-state index in [0.717, 1.165) is 5.75 Å². The van der Waals surface area contributed by atoms with E-state index in [2.05, 4.69) is 10.2 Å². The smallest absolute Gasteiger partial charge is 0.342 e. The number of aromatic amines is 2. The zero-order valence-electron chi connectivity index (χ0n) is 8.47. The van der Waals surface area contributed by atoms with Crippen LogP contribution < -0.4 is 10.4 Å². The van der Waals surface area contributed by atoms with Crippen molar-refractivity contribution in [2.75, 3.05) is 6.61 Å². The van der Waals surface area contributed by atoms with Gasteiger partial charge in [0.2, 0.25) is 0 Å². The van der Waals surface area contributed by atoms with Gasteiger partial charge in [0.05, 0.1) is 6.54 Å². The third-order valence-corrected chi connectivity index (χ3v) is 2.42. The van der Waals surface area contributed by atoms with Crippen LogP contribution >= 0.6 is 12.2 Å². The van der Waals surface area contributed by atoms with Gasteiger partial charge < -0.3 is 4.74 Å². The molecule has 0 radical (unpaired) electrons. The van der Waals surface area contributed by atoms with Gasteiger partial charge in [-0.05, 0) is 24.4 Å². The molecule has 0 aliphatic heterocycles. The molecule has 1 aromatic heterocycles. The Labute approximate surface area is 96.7 Å². The van der Waals surface area contributed by atoms with E-state index in [1.807, 2.05) is 30.3 Å². The van der Waals surface area contributed by atoms with Crippen LogP contribution in [0.5, 0.6) is 5.75 Å². The van der Waals surface area contributed by atoms with Gasteiger partial charge in [-0.1, -0.05) is 18.2 Å². The van der Waals surface area contributed by atoms with Crippen LogP contribution in [0.4, 0.5) is 0 Å². The number of hydrogen-bond donors (Lipinski definition) is 2. The van der Waals surface area contributed by atoms with Crippen molar-refractivity contribution < 1.29 is 4.74 Å². The third-order valence-electron chi connectivity index (χ3n) is 2.09. The van der Waals surface area contributed by atoms with Crippen molar-refractivity contribution >= 4 is 12.2 Å². The van der Waals surface area contributed by atoms with Crippen LogP contribution in [-0.2, 0) is 6.54 Å². The van der Waals surface area contributed by atoms with Crippen molar-refractivity contribution in [2.24, 2.45) is 0 Å². The summed E-state index contributed by atoms with van der Waals surface area (Å²) in [4.78, 5) is 11.2. The molecular weight excluding hydrogens is 226 g/mol. The number of para-hydroxylation sites is 1. The number of aromatic nitrogens is 3. The lowest BCUT2D eigenvalue weighted by atomic mass is 10.3. The Morgan fingerprint density at radius 1 is 1.25 bits per heavy atom. The molecule has 0 amide bonds. The molecule has 0 bridgehead atoms. The van der Waals surface area contributed by atoms with Crippen molar-refractivity contribution in [3.8, 4) is 5.75 Å². The van der Waals surface area contributed by atoms with E-state index in [4.69, 9.17) is 17.0 Å². The Morgan fingerprint density at radius 3 is 2.62 bits per heavy atom. The molecule has 0 aliphatic rings. The van der Waals surface area contributed by atoms with Gasteiger partial charge in [-0.15, -0.1) is 0 Å². The molecule has 1 heterocycles. The lowest BCUT2D eigenvalue weighted by Crippen LogP contribution is -2.20. The molecule has 2 aromatic rings. The van der Waals surface area contributed by atoms with Gasteiger partial charge >= 0.3 is 5.69 Å². The van der Waals surface area contributed by atoms with Gasteiger partial charge in [-0.2, -0.15) is 0 Å².